The highest BCUT2D eigenvalue weighted by atomic mass is 79.9. The van der Waals surface area contributed by atoms with Crippen LogP contribution in [0.4, 0.5) is 4.39 Å². The van der Waals surface area contributed by atoms with Gasteiger partial charge in [-0.3, -0.25) is 0 Å². The molecular weight excluding hydrogens is 345 g/mol. The first-order valence-electron chi connectivity index (χ1n) is 6.91. The summed E-state index contributed by atoms with van der Waals surface area (Å²) in [7, 11) is 0. The third-order valence-corrected chi connectivity index (χ3v) is 3.91. The van der Waals surface area contributed by atoms with Crippen LogP contribution in [0.1, 0.15) is 33.6 Å². The Hall–Kier alpha value is -0.320. The predicted octanol–water partition coefficient (Wildman–Crippen LogP) is 5.03. The summed E-state index contributed by atoms with van der Waals surface area (Å²) in [6.45, 7) is 7.84. The van der Waals surface area contributed by atoms with E-state index in [4.69, 9.17) is 16.3 Å². The highest BCUT2D eigenvalue weighted by Gasteiger charge is 2.08. The molecule has 0 aromatic heterocycles. The van der Waals surface area contributed by atoms with E-state index < -0.39 is 5.82 Å². The molecule has 2 nitrogen and oxygen atoms in total. The van der Waals surface area contributed by atoms with Crippen molar-refractivity contribution in [3.05, 3.63) is 27.4 Å². The summed E-state index contributed by atoms with van der Waals surface area (Å²) >= 11 is 8.98. The van der Waals surface area contributed by atoms with Gasteiger partial charge >= 0.3 is 0 Å². The van der Waals surface area contributed by atoms with Crippen molar-refractivity contribution < 1.29 is 9.13 Å². The molecule has 1 aromatic carbocycles. The van der Waals surface area contributed by atoms with E-state index in [1.54, 1.807) is 0 Å². The highest BCUT2D eigenvalue weighted by molar-refractivity contribution is 9.10. The molecule has 20 heavy (non-hydrogen) atoms. The van der Waals surface area contributed by atoms with E-state index in [9.17, 15) is 4.39 Å². The molecule has 1 N–H and O–H groups in total. The summed E-state index contributed by atoms with van der Waals surface area (Å²) < 4.78 is 19.5. The predicted molar refractivity (Wildman–Crippen MR) is 86.1 cm³/mol. The molecule has 1 atom stereocenters. The first kappa shape index (κ1) is 17.7. The average Bonchev–Trinajstić information content (AvgIpc) is 2.37. The molecule has 0 saturated carbocycles. The number of halogens is 3. The first-order chi connectivity index (χ1) is 9.40. The van der Waals surface area contributed by atoms with Gasteiger partial charge in [-0.15, -0.1) is 0 Å². The third-order valence-electron chi connectivity index (χ3n) is 3.00. The van der Waals surface area contributed by atoms with Gasteiger partial charge in [0.15, 0.2) is 0 Å². The first-order valence-corrected chi connectivity index (χ1v) is 8.08. The number of rotatable bonds is 8. The van der Waals surface area contributed by atoms with Crippen LogP contribution >= 0.6 is 27.5 Å². The Bertz CT molecular complexity index is 429. The summed E-state index contributed by atoms with van der Waals surface area (Å²) in [6, 6.07) is 3.27. The van der Waals surface area contributed by atoms with Crippen LogP contribution in [-0.4, -0.2) is 19.2 Å². The minimum atomic E-state index is -0.469. The van der Waals surface area contributed by atoms with Gasteiger partial charge in [0.25, 0.3) is 0 Å². The van der Waals surface area contributed by atoms with Crippen molar-refractivity contribution in [3.63, 3.8) is 0 Å². The summed E-state index contributed by atoms with van der Waals surface area (Å²) in [4.78, 5) is 0. The van der Waals surface area contributed by atoms with Crippen LogP contribution in [0.3, 0.4) is 0 Å². The molecule has 1 aromatic rings. The Morgan fingerprint density at radius 1 is 1.30 bits per heavy atom. The molecule has 1 unspecified atom stereocenters. The van der Waals surface area contributed by atoms with Gasteiger partial charge in [0.2, 0.25) is 0 Å². The van der Waals surface area contributed by atoms with Crippen molar-refractivity contribution in [1.29, 1.82) is 0 Å². The zero-order valence-electron chi connectivity index (χ0n) is 12.2. The van der Waals surface area contributed by atoms with Gasteiger partial charge in [-0.1, -0.05) is 25.4 Å². The van der Waals surface area contributed by atoms with Gasteiger partial charge in [0.1, 0.15) is 18.2 Å². The Morgan fingerprint density at radius 3 is 2.65 bits per heavy atom. The Kier molecular flexibility index (Phi) is 7.85. The second-order valence-corrected chi connectivity index (χ2v) is 6.63. The minimum absolute atomic E-state index is 0.0876. The average molecular weight is 367 g/mol. The smallest absolute Gasteiger partial charge is 0.145 e. The standard InChI is InChI=1S/C15H22BrClFNO/c1-10(2)4-5-11(3)19-6-7-20-15-9-14(18)13(17)8-12(15)16/h8-11,19H,4-7H2,1-3H3. The molecular formula is C15H22BrClFNO. The molecule has 0 aliphatic rings. The van der Waals surface area contributed by atoms with Gasteiger partial charge in [0, 0.05) is 18.7 Å². The Morgan fingerprint density at radius 2 is 2.00 bits per heavy atom. The molecule has 0 fully saturated rings. The zero-order valence-corrected chi connectivity index (χ0v) is 14.5. The summed E-state index contributed by atoms with van der Waals surface area (Å²) in [5.41, 5.74) is 0. The van der Waals surface area contributed by atoms with Crippen molar-refractivity contribution in [2.24, 2.45) is 5.92 Å². The molecule has 0 saturated heterocycles. The molecule has 0 aliphatic carbocycles. The molecule has 0 spiro atoms. The van der Waals surface area contributed by atoms with Crippen molar-refractivity contribution in [3.8, 4) is 5.75 Å². The van der Waals surface area contributed by atoms with E-state index in [1.165, 1.54) is 18.6 Å². The van der Waals surface area contributed by atoms with Crippen LogP contribution in [0.15, 0.2) is 16.6 Å². The molecule has 0 bridgehead atoms. The topological polar surface area (TPSA) is 21.3 Å². The van der Waals surface area contributed by atoms with Crippen LogP contribution in [0, 0.1) is 11.7 Å². The van der Waals surface area contributed by atoms with E-state index in [1.807, 2.05) is 0 Å². The lowest BCUT2D eigenvalue weighted by Gasteiger charge is -2.15. The van der Waals surface area contributed by atoms with Gasteiger partial charge in [0.05, 0.1) is 9.50 Å². The van der Waals surface area contributed by atoms with Crippen LogP contribution in [0.25, 0.3) is 0 Å². The molecule has 0 radical (unpaired) electrons. The van der Waals surface area contributed by atoms with Crippen LogP contribution in [-0.2, 0) is 0 Å². The molecule has 0 heterocycles. The second kappa shape index (κ2) is 8.85. The summed E-state index contributed by atoms with van der Waals surface area (Å²) in [6.07, 6.45) is 2.36. The molecule has 114 valence electrons. The lowest BCUT2D eigenvalue weighted by molar-refractivity contribution is 0.300. The third kappa shape index (κ3) is 6.42. The number of hydrogen-bond donors (Lipinski definition) is 1. The molecule has 0 aliphatic heterocycles. The van der Waals surface area contributed by atoms with Gasteiger partial charge in [-0.2, -0.15) is 0 Å². The van der Waals surface area contributed by atoms with Crippen molar-refractivity contribution in [2.75, 3.05) is 13.2 Å². The lowest BCUT2D eigenvalue weighted by atomic mass is 10.0. The van der Waals surface area contributed by atoms with Crippen molar-refractivity contribution in [1.82, 2.24) is 5.32 Å². The van der Waals surface area contributed by atoms with Crippen LogP contribution in [0.5, 0.6) is 5.75 Å². The summed E-state index contributed by atoms with van der Waals surface area (Å²) in [5, 5.41) is 3.48. The number of nitrogens with one attached hydrogen (secondary N) is 1. The quantitative estimate of drug-likeness (QED) is 0.514. The van der Waals surface area contributed by atoms with Crippen molar-refractivity contribution in [2.45, 2.75) is 39.7 Å². The fraction of sp³-hybridized carbons (Fsp3) is 0.600. The van der Waals surface area contributed by atoms with E-state index in [-0.39, 0.29) is 5.02 Å². The maximum Gasteiger partial charge on any atom is 0.145 e. The summed E-state index contributed by atoms with van der Waals surface area (Å²) in [5.74, 6) is 0.732. The lowest BCUT2D eigenvalue weighted by Crippen LogP contribution is -2.30. The Balaban J connectivity index is 2.29. The fourth-order valence-electron chi connectivity index (χ4n) is 1.77. The van der Waals surface area contributed by atoms with E-state index in [0.29, 0.717) is 22.9 Å². The molecule has 5 heteroatoms. The van der Waals surface area contributed by atoms with Crippen LogP contribution < -0.4 is 10.1 Å². The van der Waals surface area contributed by atoms with E-state index >= 15 is 0 Å². The maximum atomic E-state index is 13.3. The molecule has 0 amide bonds. The highest BCUT2D eigenvalue weighted by Crippen LogP contribution is 2.30. The van der Waals surface area contributed by atoms with E-state index in [0.717, 1.165) is 18.9 Å². The largest absolute Gasteiger partial charge is 0.491 e. The number of ether oxygens (including phenoxy) is 1. The Labute approximate surface area is 134 Å². The normalized spacial score (nSPS) is 12.8. The fourth-order valence-corrected chi connectivity index (χ4v) is 2.52. The van der Waals surface area contributed by atoms with Gasteiger partial charge in [-0.25, -0.2) is 4.39 Å². The minimum Gasteiger partial charge on any atom is -0.491 e. The van der Waals surface area contributed by atoms with Gasteiger partial charge in [-0.05, 0) is 47.7 Å². The SMILES string of the molecule is CC(C)CCC(C)NCCOc1cc(F)c(Cl)cc1Br. The van der Waals surface area contributed by atoms with Crippen molar-refractivity contribution >= 4 is 27.5 Å². The van der Waals surface area contributed by atoms with E-state index in [2.05, 4.69) is 42.0 Å². The second-order valence-electron chi connectivity index (χ2n) is 5.37. The number of benzene rings is 1. The van der Waals surface area contributed by atoms with Crippen LogP contribution in [0.2, 0.25) is 5.02 Å². The monoisotopic (exact) mass is 365 g/mol. The molecule has 1 rings (SSSR count). The maximum absolute atomic E-state index is 13.3. The number of hydrogen-bond acceptors (Lipinski definition) is 2. The zero-order chi connectivity index (χ0) is 15.1. The van der Waals surface area contributed by atoms with Gasteiger partial charge < -0.3 is 10.1 Å².